The highest BCUT2D eigenvalue weighted by Gasteiger charge is 2.30. The van der Waals surface area contributed by atoms with Gasteiger partial charge in [-0.25, -0.2) is 4.79 Å². The number of benzene rings is 1. The predicted octanol–water partition coefficient (Wildman–Crippen LogP) is 2.80. The van der Waals surface area contributed by atoms with E-state index in [1.54, 1.807) is 0 Å². The van der Waals surface area contributed by atoms with Crippen molar-refractivity contribution < 1.29 is 32.3 Å². The van der Waals surface area contributed by atoms with Crippen LogP contribution in [0, 0.1) is 0 Å². The number of nitrogens with two attached hydrogens (primary N) is 1. The van der Waals surface area contributed by atoms with Crippen molar-refractivity contribution in [3.8, 4) is 0 Å². The van der Waals surface area contributed by atoms with Crippen LogP contribution in [0.2, 0.25) is 0 Å². The number of ether oxygens (including phenoxy) is 1. The minimum absolute atomic E-state index is 0.106. The molecule has 0 aliphatic carbocycles. The number of hydrogen-bond donors (Lipinski definition) is 3. The van der Waals surface area contributed by atoms with E-state index in [-0.39, 0.29) is 12.1 Å². The molecule has 0 radical (unpaired) electrons. The molecule has 0 unspecified atom stereocenters. The van der Waals surface area contributed by atoms with Crippen LogP contribution < -0.4 is 16.4 Å². The summed E-state index contributed by atoms with van der Waals surface area (Å²) in [5.41, 5.74) is 4.25. The Labute approximate surface area is 154 Å². The number of hydrogen-bond acceptors (Lipinski definition) is 4. The molecule has 3 amide bonds. The SMILES string of the molecule is C[C@@H](OC(=O)CCCCCNC(N)=O)C(=O)Nc1ccc(C(F)(F)F)cc1. The maximum atomic E-state index is 12.5. The third-order valence-electron chi connectivity index (χ3n) is 3.51. The second-order valence-corrected chi connectivity index (χ2v) is 5.80. The number of carbonyl (C=O) groups is 3. The second-order valence-electron chi connectivity index (χ2n) is 5.80. The first kappa shape index (κ1) is 22.3. The number of rotatable bonds is 9. The van der Waals surface area contributed by atoms with Gasteiger partial charge in [-0.3, -0.25) is 9.59 Å². The highest BCUT2D eigenvalue weighted by atomic mass is 19.4. The normalized spacial score (nSPS) is 12.1. The van der Waals surface area contributed by atoms with Crippen LogP contribution in [0.25, 0.3) is 0 Å². The Balaban J connectivity index is 2.32. The number of primary amides is 1. The van der Waals surface area contributed by atoms with E-state index < -0.39 is 35.8 Å². The molecular weight excluding hydrogens is 367 g/mol. The Bertz CT molecular complexity index is 648. The zero-order valence-corrected chi connectivity index (χ0v) is 14.8. The van der Waals surface area contributed by atoms with Gasteiger partial charge in [-0.2, -0.15) is 13.2 Å². The van der Waals surface area contributed by atoms with Gasteiger partial charge in [0, 0.05) is 18.7 Å². The second kappa shape index (κ2) is 10.4. The topological polar surface area (TPSA) is 111 Å². The van der Waals surface area contributed by atoms with E-state index in [0.29, 0.717) is 25.8 Å². The van der Waals surface area contributed by atoms with Crippen molar-refractivity contribution >= 4 is 23.6 Å². The number of anilines is 1. The van der Waals surface area contributed by atoms with Crippen LogP contribution in [0.1, 0.15) is 38.2 Å². The number of amides is 3. The van der Waals surface area contributed by atoms with Gasteiger partial charge >= 0.3 is 18.2 Å². The summed E-state index contributed by atoms with van der Waals surface area (Å²) in [7, 11) is 0. The fourth-order valence-corrected chi connectivity index (χ4v) is 2.08. The number of urea groups is 1. The van der Waals surface area contributed by atoms with Crippen LogP contribution in [0.4, 0.5) is 23.7 Å². The third kappa shape index (κ3) is 8.93. The van der Waals surface area contributed by atoms with Gasteiger partial charge in [0.2, 0.25) is 0 Å². The largest absolute Gasteiger partial charge is 0.453 e. The Morgan fingerprint density at radius 1 is 1.11 bits per heavy atom. The molecule has 27 heavy (non-hydrogen) atoms. The maximum Gasteiger partial charge on any atom is 0.416 e. The molecule has 4 N–H and O–H groups in total. The molecule has 1 aromatic rings. The van der Waals surface area contributed by atoms with Crippen molar-refractivity contribution in [2.24, 2.45) is 5.73 Å². The quantitative estimate of drug-likeness (QED) is 0.445. The minimum atomic E-state index is -4.46. The molecule has 0 heterocycles. The summed E-state index contributed by atoms with van der Waals surface area (Å²) >= 11 is 0. The number of unbranched alkanes of at least 4 members (excludes halogenated alkanes) is 2. The van der Waals surface area contributed by atoms with Gasteiger partial charge in [-0.1, -0.05) is 6.42 Å². The van der Waals surface area contributed by atoms with E-state index in [1.807, 2.05) is 0 Å². The lowest BCUT2D eigenvalue weighted by atomic mass is 10.2. The van der Waals surface area contributed by atoms with Crippen molar-refractivity contribution in [3.63, 3.8) is 0 Å². The van der Waals surface area contributed by atoms with E-state index in [0.717, 1.165) is 24.3 Å². The van der Waals surface area contributed by atoms with E-state index >= 15 is 0 Å². The Morgan fingerprint density at radius 2 is 1.74 bits per heavy atom. The first-order chi connectivity index (χ1) is 12.6. The lowest BCUT2D eigenvalue weighted by molar-refractivity contribution is -0.153. The molecule has 0 aromatic heterocycles. The standard InChI is InChI=1S/C17H22F3N3O4/c1-11(27-14(24)5-3-2-4-10-22-16(21)26)15(25)23-13-8-6-12(7-9-13)17(18,19)20/h6-9,11H,2-5,10H2,1H3,(H,23,25)(H3,21,22,26)/t11-/m1/s1. The van der Waals surface area contributed by atoms with E-state index in [2.05, 4.69) is 10.6 Å². The lowest BCUT2D eigenvalue weighted by Gasteiger charge is -2.14. The van der Waals surface area contributed by atoms with Gasteiger partial charge in [0.25, 0.3) is 5.91 Å². The molecule has 150 valence electrons. The first-order valence-corrected chi connectivity index (χ1v) is 8.30. The van der Waals surface area contributed by atoms with Gasteiger partial charge in [0.05, 0.1) is 5.56 Å². The van der Waals surface area contributed by atoms with Crippen molar-refractivity contribution in [3.05, 3.63) is 29.8 Å². The summed E-state index contributed by atoms with van der Waals surface area (Å²) in [5, 5.41) is 4.81. The number of halogens is 3. The van der Waals surface area contributed by atoms with Gasteiger partial charge in [-0.15, -0.1) is 0 Å². The minimum Gasteiger partial charge on any atom is -0.453 e. The number of carbonyl (C=O) groups excluding carboxylic acids is 3. The number of nitrogens with one attached hydrogen (secondary N) is 2. The van der Waals surface area contributed by atoms with Crippen LogP contribution >= 0.6 is 0 Å². The number of alkyl halides is 3. The molecule has 10 heteroatoms. The van der Waals surface area contributed by atoms with Gasteiger partial charge in [0.1, 0.15) is 0 Å². The highest BCUT2D eigenvalue weighted by molar-refractivity contribution is 5.95. The summed E-state index contributed by atoms with van der Waals surface area (Å²) < 4.78 is 42.5. The van der Waals surface area contributed by atoms with Crippen LogP contribution in [-0.4, -0.2) is 30.6 Å². The number of esters is 1. The smallest absolute Gasteiger partial charge is 0.416 e. The molecule has 0 spiro atoms. The van der Waals surface area contributed by atoms with Crippen LogP contribution in [-0.2, 0) is 20.5 Å². The van der Waals surface area contributed by atoms with Crippen molar-refractivity contribution in [1.29, 1.82) is 0 Å². The van der Waals surface area contributed by atoms with Crippen LogP contribution in [0.15, 0.2) is 24.3 Å². The Hall–Kier alpha value is -2.78. The average Bonchev–Trinajstić information content (AvgIpc) is 2.57. The van der Waals surface area contributed by atoms with Gasteiger partial charge in [-0.05, 0) is 44.0 Å². The predicted molar refractivity (Wildman–Crippen MR) is 91.7 cm³/mol. The zero-order chi connectivity index (χ0) is 20.4. The molecule has 0 aliphatic heterocycles. The Kier molecular flexibility index (Phi) is 8.57. The van der Waals surface area contributed by atoms with Crippen LogP contribution in [0.5, 0.6) is 0 Å². The molecule has 0 aliphatic rings. The monoisotopic (exact) mass is 389 g/mol. The molecule has 0 saturated carbocycles. The summed E-state index contributed by atoms with van der Waals surface area (Å²) in [5.74, 6) is -1.21. The van der Waals surface area contributed by atoms with Crippen molar-refractivity contribution in [2.45, 2.75) is 44.9 Å². The van der Waals surface area contributed by atoms with Crippen LogP contribution in [0.3, 0.4) is 0 Å². The maximum absolute atomic E-state index is 12.5. The molecule has 0 bridgehead atoms. The van der Waals surface area contributed by atoms with Gasteiger partial charge < -0.3 is 21.1 Å². The summed E-state index contributed by atoms with van der Waals surface area (Å²) in [6, 6.07) is 3.33. The first-order valence-electron chi connectivity index (χ1n) is 8.30. The molecule has 1 rings (SSSR count). The zero-order valence-electron chi connectivity index (χ0n) is 14.8. The van der Waals surface area contributed by atoms with E-state index in [9.17, 15) is 27.6 Å². The molecule has 7 nitrogen and oxygen atoms in total. The molecule has 0 saturated heterocycles. The van der Waals surface area contributed by atoms with E-state index in [1.165, 1.54) is 6.92 Å². The highest BCUT2D eigenvalue weighted by Crippen LogP contribution is 2.29. The van der Waals surface area contributed by atoms with Crippen molar-refractivity contribution in [1.82, 2.24) is 5.32 Å². The molecule has 1 aromatic carbocycles. The third-order valence-corrected chi connectivity index (χ3v) is 3.51. The summed E-state index contributed by atoms with van der Waals surface area (Å²) in [6.07, 6.45) is -3.60. The Morgan fingerprint density at radius 3 is 2.30 bits per heavy atom. The fourth-order valence-electron chi connectivity index (χ4n) is 2.08. The molecule has 1 atom stereocenters. The lowest BCUT2D eigenvalue weighted by Crippen LogP contribution is -2.30. The van der Waals surface area contributed by atoms with E-state index in [4.69, 9.17) is 10.5 Å². The summed E-state index contributed by atoms with van der Waals surface area (Å²) in [6.45, 7) is 1.78. The molecule has 0 fully saturated rings. The van der Waals surface area contributed by atoms with Gasteiger partial charge in [0.15, 0.2) is 6.10 Å². The van der Waals surface area contributed by atoms with Crippen molar-refractivity contribution in [2.75, 3.05) is 11.9 Å². The summed E-state index contributed by atoms with van der Waals surface area (Å²) in [4.78, 5) is 34.1. The average molecular weight is 389 g/mol. The molecular formula is C17H22F3N3O4. The fraction of sp³-hybridized carbons (Fsp3) is 0.471.